The minimum absolute atomic E-state index is 0.117. The van der Waals surface area contributed by atoms with E-state index in [1.807, 2.05) is 0 Å². The number of allylic oxidation sites excluding steroid dienone is 1. The third-order valence-corrected chi connectivity index (χ3v) is 3.93. The second-order valence-electron chi connectivity index (χ2n) is 5.87. The molecule has 0 spiro atoms. The van der Waals surface area contributed by atoms with Crippen LogP contribution in [0, 0.1) is 0 Å². The summed E-state index contributed by atoms with van der Waals surface area (Å²) in [6, 6.07) is 5.88. The van der Waals surface area contributed by atoms with Crippen molar-refractivity contribution in [2.45, 2.75) is 31.7 Å². The van der Waals surface area contributed by atoms with Gasteiger partial charge in [-0.1, -0.05) is 18.2 Å². The van der Waals surface area contributed by atoms with Crippen LogP contribution >= 0.6 is 0 Å². The van der Waals surface area contributed by atoms with Gasteiger partial charge in [0, 0.05) is 12.8 Å². The topological polar surface area (TPSA) is 116 Å². The Balaban J connectivity index is 1.94. The van der Waals surface area contributed by atoms with Gasteiger partial charge in [0.05, 0.1) is 11.4 Å². The fourth-order valence-corrected chi connectivity index (χ4v) is 2.62. The molecule has 138 valence electrons. The van der Waals surface area contributed by atoms with Gasteiger partial charge < -0.3 is 20.6 Å². The first kappa shape index (κ1) is 19.2. The zero-order valence-electron chi connectivity index (χ0n) is 14.2. The zero-order chi connectivity index (χ0) is 19.1. The molecule has 1 aliphatic rings. The third-order valence-electron chi connectivity index (χ3n) is 3.93. The van der Waals surface area contributed by atoms with Gasteiger partial charge in [-0.15, -0.1) is 6.58 Å². The summed E-state index contributed by atoms with van der Waals surface area (Å²) in [7, 11) is 0. The first-order valence-corrected chi connectivity index (χ1v) is 8.24. The van der Waals surface area contributed by atoms with Gasteiger partial charge >= 0.3 is 5.97 Å². The summed E-state index contributed by atoms with van der Waals surface area (Å²) in [5.74, 6) is -2.34. The van der Waals surface area contributed by atoms with Gasteiger partial charge in [-0.05, 0) is 25.0 Å². The molecule has 1 aliphatic heterocycles. The molecule has 3 N–H and O–H groups in total. The van der Waals surface area contributed by atoms with E-state index in [1.165, 1.54) is 4.90 Å². The molecule has 0 aliphatic carbocycles. The first-order chi connectivity index (χ1) is 12.4. The summed E-state index contributed by atoms with van der Waals surface area (Å²) < 4.78 is 0. The molecule has 1 aromatic rings. The average Bonchev–Trinajstić information content (AvgIpc) is 2.62. The number of carboxylic acids is 1. The number of amides is 3. The van der Waals surface area contributed by atoms with Crippen molar-refractivity contribution in [3.63, 3.8) is 0 Å². The number of carbonyl (C=O) groups excluding carboxylic acids is 3. The summed E-state index contributed by atoms with van der Waals surface area (Å²) in [5, 5.41) is 14.2. The van der Waals surface area contributed by atoms with Crippen molar-refractivity contribution in [3.05, 3.63) is 36.9 Å². The molecule has 0 fully saturated rings. The van der Waals surface area contributed by atoms with Crippen molar-refractivity contribution in [2.24, 2.45) is 0 Å². The van der Waals surface area contributed by atoms with E-state index in [0.29, 0.717) is 17.8 Å². The first-order valence-electron chi connectivity index (χ1n) is 8.24. The molecule has 1 aromatic carbocycles. The largest absolute Gasteiger partial charge is 0.480 e. The van der Waals surface area contributed by atoms with E-state index < -0.39 is 17.9 Å². The van der Waals surface area contributed by atoms with Crippen LogP contribution in [-0.4, -0.2) is 41.4 Å². The zero-order valence-corrected chi connectivity index (χ0v) is 14.2. The maximum atomic E-state index is 12.4. The number of carboxylic acid groups (broad SMARTS) is 1. The van der Waals surface area contributed by atoms with E-state index in [-0.39, 0.29) is 37.6 Å². The number of benzene rings is 1. The standard InChI is InChI=1S/C18H21N3O5/c1-2-3-6-13(18(25)26)20-15(22)9-10-17(24)21-11-16(23)19-12-7-4-5-8-14(12)21/h2,4-5,7-8,13H,1,3,6,9-11H2,(H,19,23)(H,20,22)(H,25,26). The lowest BCUT2D eigenvalue weighted by Crippen LogP contribution is -2.43. The van der Waals surface area contributed by atoms with Gasteiger partial charge in [0.25, 0.3) is 0 Å². The van der Waals surface area contributed by atoms with E-state index in [1.54, 1.807) is 30.3 Å². The number of carbonyl (C=O) groups is 4. The highest BCUT2D eigenvalue weighted by atomic mass is 16.4. The lowest BCUT2D eigenvalue weighted by molar-refractivity contribution is -0.142. The van der Waals surface area contributed by atoms with Crippen molar-refractivity contribution in [1.29, 1.82) is 0 Å². The van der Waals surface area contributed by atoms with E-state index in [0.717, 1.165) is 0 Å². The fourth-order valence-electron chi connectivity index (χ4n) is 2.62. The molecule has 1 unspecified atom stereocenters. The molecule has 1 atom stereocenters. The van der Waals surface area contributed by atoms with Crippen LogP contribution in [0.5, 0.6) is 0 Å². The minimum Gasteiger partial charge on any atom is -0.480 e. The number of fused-ring (bicyclic) bond motifs is 1. The SMILES string of the molecule is C=CCCC(NC(=O)CCC(=O)N1CC(=O)Nc2ccccc21)C(=O)O. The van der Waals surface area contributed by atoms with Crippen molar-refractivity contribution in [2.75, 3.05) is 16.8 Å². The van der Waals surface area contributed by atoms with Gasteiger partial charge in [0.1, 0.15) is 12.6 Å². The van der Waals surface area contributed by atoms with Gasteiger partial charge in [-0.3, -0.25) is 14.4 Å². The molecule has 0 radical (unpaired) electrons. The van der Waals surface area contributed by atoms with Crippen molar-refractivity contribution in [1.82, 2.24) is 5.32 Å². The monoisotopic (exact) mass is 359 g/mol. The highest BCUT2D eigenvalue weighted by Gasteiger charge is 2.27. The maximum Gasteiger partial charge on any atom is 0.326 e. The fraction of sp³-hybridized carbons (Fsp3) is 0.333. The number of hydrogen-bond acceptors (Lipinski definition) is 4. The van der Waals surface area contributed by atoms with Crippen LogP contribution in [0.25, 0.3) is 0 Å². The molecule has 26 heavy (non-hydrogen) atoms. The number of nitrogens with zero attached hydrogens (tertiary/aromatic N) is 1. The lowest BCUT2D eigenvalue weighted by Gasteiger charge is -2.29. The number of nitrogens with one attached hydrogen (secondary N) is 2. The Hall–Kier alpha value is -3.16. The Bertz CT molecular complexity index is 731. The molecule has 1 heterocycles. The Morgan fingerprint density at radius 1 is 1.31 bits per heavy atom. The van der Waals surface area contributed by atoms with Crippen LogP contribution in [0.1, 0.15) is 25.7 Å². The van der Waals surface area contributed by atoms with Gasteiger partial charge in [-0.2, -0.15) is 0 Å². The second kappa shape index (κ2) is 8.80. The molecular formula is C18H21N3O5. The smallest absolute Gasteiger partial charge is 0.326 e. The van der Waals surface area contributed by atoms with Crippen LogP contribution in [0.15, 0.2) is 36.9 Å². The molecular weight excluding hydrogens is 338 g/mol. The number of hydrogen-bond donors (Lipinski definition) is 3. The third kappa shape index (κ3) is 4.92. The van der Waals surface area contributed by atoms with Crippen LogP contribution in [0.3, 0.4) is 0 Å². The number of anilines is 2. The minimum atomic E-state index is -1.13. The Morgan fingerprint density at radius 2 is 2.04 bits per heavy atom. The van der Waals surface area contributed by atoms with Crippen molar-refractivity contribution >= 4 is 35.1 Å². The van der Waals surface area contributed by atoms with Gasteiger partial charge in [0.15, 0.2) is 0 Å². The van der Waals surface area contributed by atoms with Crippen LogP contribution in [0.4, 0.5) is 11.4 Å². The second-order valence-corrected chi connectivity index (χ2v) is 5.87. The Morgan fingerprint density at radius 3 is 2.73 bits per heavy atom. The van der Waals surface area contributed by atoms with Gasteiger partial charge in [0.2, 0.25) is 17.7 Å². The van der Waals surface area contributed by atoms with E-state index in [9.17, 15) is 19.2 Å². The summed E-state index contributed by atoms with van der Waals surface area (Å²) >= 11 is 0. The van der Waals surface area contributed by atoms with Crippen molar-refractivity contribution in [3.8, 4) is 0 Å². The highest BCUT2D eigenvalue weighted by molar-refractivity contribution is 6.10. The summed E-state index contributed by atoms with van der Waals surface area (Å²) in [4.78, 5) is 48.6. The molecule has 8 heteroatoms. The predicted octanol–water partition coefficient (Wildman–Crippen LogP) is 1.29. The normalized spacial score (nSPS) is 14.0. The molecule has 8 nitrogen and oxygen atoms in total. The average molecular weight is 359 g/mol. The molecule has 0 aromatic heterocycles. The van der Waals surface area contributed by atoms with E-state index >= 15 is 0 Å². The van der Waals surface area contributed by atoms with Crippen LogP contribution < -0.4 is 15.5 Å². The summed E-state index contributed by atoms with van der Waals surface area (Å²) in [6.45, 7) is 3.40. The highest BCUT2D eigenvalue weighted by Crippen LogP contribution is 2.29. The Kier molecular flexibility index (Phi) is 6.48. The van der Waals surface area contributed by atoms with E-state index in [4.69, 9.17) is 5.11 Å². The maximum absolute atomic E-state index is 12.4. The number of rotatable bonds is 8. The molecule has 0 saturated heterocycles. The quantitative estimate of drug-likeness (QED) is 0.605. The molecule has 3 amide bonds. The molecule has 0 bridgehead atoms. The lowest BCUT2D eigenvalue weighted by atomic mass is 10.1. The van der Waals surface area contributed by atoms with Gasteiger partial charge in [-0.25, -0.2) is 4.79 Å². The summed E-state index contributed by atoms with van der Waals surface area (Å²) in [5.41, 5.74) is 1.11. The molecule has 2 rings (SSSR count). The summed E-state index contributed by atoms with van der Waals surface area (Å²) in [6.07, 6.45) is 1.98. The number of aliphatic carboxylic acids is 1. The van der Waals surface area contributed by atoms with E-state index in [2.05, 4.69) is 17.2 Å². The predicted molar refractivity (Wildman–Crippen MR) is 95.7 cm³/mol. The van der Waals surface area contributed by atoms with Crippen LogP contribution in [-0.2, 0) is 19.2 Å². The molecule has 0 saturated carbocycles. The van der Waals surface area contributed by atoms with Crippen molar-refractivity contribution < 1.29 is 24.3 Å². The van der Waals surface area contributed by atoms with Crippen LogP contribution in [0.2, 0.25) is 0 Å². The Labute approximate surface area is 150 Å². The number of para-hydroxylation sites is 2.